The van der Waals surface area contributed by atoms with Crippen molar-refractivity contribution >= 4 is 5.82 Å². The maximum absolute atomic E-state index is 14.4. The number of hydrogen-bond donors (Lipinski definition) is 2. The Balaban J connectivity index is 1.27. The molecule has 3 atom stereocenters. The third-order valence-corrected chi connectivity index (χ3v) is 8.14. The Kier molecular flexibility index (Phi) is 5.56. The smallest absolute Gasteiger partial charge is 0.348 e. The number of fused-ring (bicyclic) bond motifs is 2. The molecular formula is C27H32FN7O2. The molecule has 2 aliphatic heterocycles. The van der Waals surface area contributed by atoms with Crippen LogP contribution in [0.4, 0.5) is 10.2 Å². The number of aryl methyl sites for hydroxylation is 1. The van der Waals surface area contributed by atoms with E-state index in [2.05, 4.69) is 44.2 Å². The minimum Gasteiger partial charge on any atom is -0.507 e. The Hall–Kier alpha value is -3.40. The largest absolute Gasteiger partial charge is 0.507 e. The van der Waals surface area contributed by atoms with E-state index in [-0.39, 0.29) is 28.3 Å². The fourth-order valence-corrected chi connectivity index (χ4v) is 6.46. The van der Waals surface area contributed by atoms with Crippen LogP contribution in [-0.4, -0.2) is 53.0 Å². The molecule has 3 fully saturated rings. The van der Waals surface area contributed by atoms with Gasteiger partial charge in [-0.15, -0.1) is 10.2 Å². The highest BCUT2D eigenvalue weighted by Crippen LogP contribution is 2.45. The lowest BCUT2D eigenvalue weighted by Crippen LogP contribution is -2.67. The normalized spacial score (nSPS) is 27.2. The number of aromatic nitrogens is 5. The van der Waals surface area contributed by atoms with Crippen molar-refractivity contribution in [3.05, 3.63) is 46.9 Å². The summed E-state index contributed by atoms with van der Waals surface area (Å²) >= 11 is 0. The molecule has 1 aromatic carbocycles. The molecule has 10 heteroatoms. The number of halogens is 1. The molecule has 4 heterocycles. The van der Waals surface area contributed by atoms with E-state index in [1.165, 1.54) is 32.4 Å². The van der Waals surface area contributed by atoms with Crippen molar-refractivity contribution in [2.24, 2.45) is 7.05 Å². The maximum atomic E-state index is 14.4. The fourth-order valence-electron chi connectivity index (χ4n) is 6.46. The second-order valence-electron chi connectivity index (χ2n) is 11.5. The number of rotatable bonds is 5. The monoisotopic (exact) mass is 505 g/mol. The maximum Gasteiger partial charge on any atom is 0.348 e. The average molecular weight is 506 g/mol. The molecule has 2 aromatic heterocycles. The highest BCUT2D eigenvalue weighted by atomic mass is 19.1. The molecule has 2 saturated heterocycles. The van der Waals surface area contributed by atoms with E-state index >= 15 is 0 Å². The number of phenolic OH excluding ortho intramolecular Hbond substituents is 1. The number of phenols is 1. The van der Waals surface area contributed by atoms with Crippen molar-refractivity contribution in [1.82, 2.24) is 30.0 Å². The number of nitrogens with zero attached hydrogens (tertiary/aromatic N) is 6. The van der Waals surface area contributed by atoms with Crippen molar-refractivity contribution in [1.29, 1.82) is 0 Å². The first-order chi connectivity index (χ1) is 17.6. The molecule has 2 bridgehead atoms. The van der Waals surface area contributed by atoms with Gasteiger partial charge in [0.1, 0.15) is 11.4 Å². The lowest BCUT2D eigenvalue weighted by molar-refractivity contribution is 0.0766. The van der Waals surface area contributed by atoms with Crippen molar-refractivity contribution in [2.45, 2.75) is 82.0 Å². The Morgan fingerprint density at radius 3 is 2.49 bits per heavy atom. The molecule has 3 aliphatic rings. The highest BCUT2D eigenvalue weighted by Gasteiger charge is 2.49. The van der Waals surface area contributed by atoms with Gasteiger partial charge in [-0.1, -0.05) is 6.07 Å². The number of nitrogens with one attached hydrogen (secondary N) is 1. The fraction of sp³-hybridized carbons (Fsp3) is 0.519. The van der Waals surface area contributed by atoms with Gasteiger partial charge in [0.2, 0.25) is 0 Å². The van der Waals surface area contributed by atoms with E-state index in [0.29, 0.717) is 23.2 Å². The topological polar surface area (TPSA) is 109 Å². The SMILES string of the molecule is Cn1cc(F)c(-c2ccc(-c3ncc(N(C4CC4)C4C[C@]5(C)CCC[C@](C)(C4)N5)nn3)c(O)c2)nc1=O. The lowest BCUT2D eigenvalue weighted by Gasteiger charge is -2.55. The Bertz CT molecular complexity index is 1390. The van der Waals surface area contributed by atoms with Crippen LogP contribution in [0.3, 0.4) is 0 Å². The van der Waals surface area contributed by atoms with E-state index < -0.39 is 11.5 Å². The summed E-state index contributed by atoms with van der Waals surface area (Å²) in [5, 5.41) is 23.5. The van der Waals surface area contributed by atoms with E-state index in [1.807, 2.05) is 0 Å². The predicted octanol–water partition coefficient (Wildman–Crippen LogP) is 3.57. The summed E-state index contributed by atoms with van der Waals surface area (Å²) in [6.07, 6.45) is 10.9. The number of anilines is 1. The zero-order chi connectivity index (χ0) is 25.9. The van der Waals surface area contributed by atoms with E-state index in [0.717, 1.165) is 42.3 Å². The van der Waals surface area contributed by atoms with Crippen LogP contribution < -0.4 is 15.9 Å². The van der Waals surface area contributed by atoms with Gasteiger partial charge in [0.15, 0.2) is 17.5 Å². The van der Waals surface area contributed by atoms with Gasteiger partial charge in [-0.05, 0) is 70.9 Å². The number of benzene rings is 1. The lowest BCUT2D eigenvalue weighted by atomic mass is 9.69. The van der Waals surface area contributed by atoms with Crippen LogP contribution in [0.25, 0.3) is 22.6 Å². The van der Waals surface area contributed by atoms with Gasteiger partial charge in [0.25, 0.3) is 0 Å². The molecule has 194 valence electrons. The van der Waals surface area contributed by atoms with Gasteiger partial charge in [0.05, 0.1) is 11.8 Å². The summed E-state index contributed by atoms with van der Waals surface area (Å²) in [6.45, 7) is 4.69. The first-order valence-electron chi connectivity index (χ1n) is 13.0. The zero-order valence-electron chi connectivity index (χ0n) is 21.4. The zero-order valence-corrected chi connectivity index (χ0v) is 21.4. The molecule has 3 aromatic rings. The van der Waals surface area contributed by atoms with E-state index in [9.17, 15) is 14.3 Å². The minimum atomic E-state index is -0.651. The summed E-state index contributed by atoms with van der Waals surface area (Å²) < 4.78 is 15.5. The summed E-state index contributed by atoms with van der Waals surface area (Å²) in [5.41, 5.74) is 0.238. The van der Waals surface area contributed by atoms with E-state index in [1.54, 1.807) is 18.3 Å². The molecule has 1 unspecified atom stereocenters. The Morgan fingerprint density at radius 2 is 1.86 bits per heavy atom. The molecule has 0 radical (unpaired) electrons. The second-order valence-corrected chi connectivity index (χ2v) is 11.5. The van der Waals surface area contributed by atoms with Gasteiger partial charge >= 0.3 is 5.69 Å². The number of hydrogen-bond acceptors (Lipinski definition) is 8. The Morgan fingerprint density at radius 1 is 1.14 bits per heavy atom. The summed E-state index contributed by atoms with van der Waals surface area (Å²) in [4.78, 5) is 22.6. The third-order valence-electron chi connectivity index (χ3n) is 8.14. The summed E-state index contributed by atoms with van der Waals surface area (Å²) in [5.74, 6) is 0.259. The van der Waals surface area contributed by atoms with Gasteiger partial charge in [-0.25, -0.2) is 14.2 Å². The molecule has 0 amide bonds. The molecule has 1 aliphatic carbocycles. The predicted molar refractivity (Wildman–Crippen MR) is 138 cm³/mol. The third kappa shape index (κ3) is 4.47. The first-order valence-corrected chi connectivity index (χ1v) is 13.0. The molecular weight excluding hydrogens is 473 g/mol. The van der Waals surface area contributed by atoms with Crippen molar-refractivity contribution in [3.8, 4) is 28.4 Å². The number of aromatic hydroxyl groups is 1. The molecule has 6 rings (SSSR count). The minimum absolute atomic E-state index is 0.117. The van der Waals surface area contributed by atoms with Gasteiger partial charge in [0, 0.05) is 42.0 Å². The van der Waals surface area contributed by atoms with Crippen LogP contribution in [0, 0.1) is 5.82 Å². The first kappa shape index (κ1) is 24.0. The summed E-state index contributed by atoms with van der Waals surface area (Å²) in [6, 6.07) is 5.38. The van der Waals surface area contributed by atoms with Crippen LogP contribution in [0.2, 0.25) is 0 Å². The molecule has 2 N–H and O–H groups in total. The summed E-state index contributed by atoms with van der Waals surface area (Å²) in [7, 11) is 1.43. The van der Waals surface area contributed by atoms with Crippen molar-refractivity contribution < 1.29 is 9.50 Å². The standard InChI is InChI=1S/C27H32FN7O2/c1-26-9-4-10-27(2,33-26)13-18(12-26)35(17-6-7-17)22-14-29-24(32-31-22)19-8-5-16(11-21(19)36)23-20(28)15-34(3)25(37)30-23/h5,8,11,14-15,17-18,33,36H,4,6-7,9-10,12-13H2,1-3H3/t18?,26-,27+. The van der Waals surface area contributed by atoms with Crippen LogP contribution in [0.1, 0.15) is 58.8 Å². The molecule has 37 heavy (non-hydrogen) atoms. The molecule has 0 spiro atoms. The Labute approximate surface area is 214 Å². The van der Waals surface area contributed by atoms with Crippen LogP contribution in [0.15, 0.2) is 35.4 Å². The van der Waals surface area contributed by atoms with Crippen molar-refractivity contribution in [3.63, 3.8) is 0 Å². The van der Waals surface area contributed by atoms with Crippen LogP contribution in [-0.2, 0) is 7.05 Å². The van der Waals surface area contributed by atoms with Gasteiger partial charge < -0.3 is 15.3 Å². The number of piperidine rings is 2. The second kappa shape index (κ2) is 8.58. The highest BCUT2D eigenvalue weighted by molar-refractivity contribution is 5.71. The van der Waals surface area contributed by atoms with Gasteiger partial charge in [-0.3, -0.25) is 4.57 Å². The average Bonchev–Trinajstić information content (AvgIpc) is 3.66. The van der Waals surface area contributed by atoms with Crippen LogP contribution in [0.5, 0.6) is 5.75 Å². The van der Waals surface area contributed by atoms with Gasteiger partial charge in [-0.2, -0.15) is 4.98 Å². The molecule has 1 saturated carbocycles. The van der Waals surface area contributed by atoms with E-state index in [4.69, 9.17) is 0 Å². The van der Waals surface area contributed by atoms with Crippen molar-refractivity contribution in [2.75, 3.05) is 4.90 Å². The quantitative estimate of drug-likeness (QED) is 0.542. The molecule has 9 nitrogen and oxygen atoms in total. The van der Waals surface area contributed by atoms with Crippen LogP contribution >= 0.6 is 0 Å².